The van der Waals surface area contributed by atoms with Crippen molar-refractivity contribution in [2.24, 2.45) is 5.92 Å². The summed E-state index contributed by atoms with van der Waals surface area (Å²) in [6.45, 7) is 3.53. The Hall–Kier alpha value is -3.12. The number of ether oxygens (including phenoxy) is 1. The second-order valence-corrected chi connectivity index (χ2v) is 21.2. The number of carbonyl (C=O) groups is 5. The number of esters is 1. The van der Waals surface area contributed by atoms with E-state index in [4.69, 9.17) is 4.74 Å². The highest BCUT2D eigenvalue weighted by Gasteiger charge is 2.93. The molecular formula is C36H34FN5O7S4. The fourth-order valence-electron chi connectivity index (χ4n) is 11.3. The molecule has 53 heavy (non-hydrogen) atoms. The molecule has 2 N–H and O–H groups in total. The maximum atomic E-state index is 16.0. The first-order valence-corrected chi connectivity index (χ1v) is 22.1. The molecule has 9 fully saturated rings. The van der Waals surface area contributed by atoms with E-state index >= 15 is 18.8 Å². The Labute approximate surface area is 319 Å². The average molecular weight is 796 g/mol. The lowest BCUT2D eigenvalue weighted by Crippen LogP contribution is -2.77. The molecule has 2 aromatic rings. The van der Waals surface area contributed by atoms with Crippen LogP contribution in [-0.4, -0.2) is 112 Å². The summed E-state index contributed by atoms with van der Waals surface area (Å²) in [5, 5.41) is 17.2. The fraction of sp³-hybridized carbons (Fsp3) is 0.528. The largest absolute Gasteiger partial charge is 0.457 e. The van der Waals surface area contributed by atoms with Crippen LogP contribution in [0.5, 0.6) is 0 Å². The van der Waals surface area contributed by atoms with Crippen LogP contribution in [0.3, 0.4) is 0 Å². The smallest absolute Gasteiger partial charge is 0.309 e. The first-order valence-electron chi connectivity index (χ1n) is 17.8. The molecule has 2 aromatic carbocycles. The van der Waals surface area contributed by atoms with Crippen molar-refractivity contribution < 1.29 is 38.2 Å². The van der Waals surface area contributed by atoms with E-state index in [1.54, 1.807) is 32.0 Å². The molecule has 0 unspecified atom stereocenters. The van der Waals surface area contributed by atoms with Crippen LogP contribution in [0.25, 0.3) is 0 Å². The topological polar surface area (TPSA) is 140 Å². The van der Waals surface area contributed by atoms with Gasteiger partial charge in [-0.05, 0) is 89.1 Å². The van der Waals surface area contributed by atoms with Crippen molar-refractivity contribution in [2.45, 2.75) is 94.3 Å². The number of benzene rings is 2. The van der Waals surface area contributed by atoms with Gasteiger partial charge in [0.2, 0.25) is 9.74 Å². The normalized spacial score (nSPS) is 43.8. The third kappa shape index (κ3) is 3.11. The van der Waals surface area contributed by atoms with Gasteiger partial charge >= 0.3 is 5.97 Å². The zero-order chi connectivity index (χ0) is 37.0. The summed E-state index contributed by atoms with van der Waals surface area (Å²) in [5.74, 6) is -3.23. The summed E-state index contributed by atoms with van der Waals surface area (Å²) in [7, 11) is 7.93. The van der Waals surface area contributed by atoms with Crippen molar-refractivity contribution in [3.63, 3.8) is 0 Å². The lowest BCUT2D eigenvalue weighted by atomic mass is 9.51. The van der Waals surface area contributed by atoms with Crippen molar-refractivity contribution in [3.8, 4) is 0 Å². The number of hydrogen-bond donors (Lipinski definition) is 2. The molecule has 13 rings (SSSR count). The maximum Gasteiger partial charge on any atom is 0.309 e. The molecule has 2 aliphatic carbocycles. The summed E-state index contributed by atoms with van der Waals surface area (Å²) in [4.78, 5) is 74.3. The predicted octanol–water partition coefficient (Wildman–Crippen LogP) is 2.99. The molecule has 0 radical (unpaired) electrons. The van der Waals surface area contributed by atoms with Crippen molar-refractivity contribution in [2.75, 3.05) is 19.4 Å². The third-order valence-electron chi connectivity index (χ3n) is 13.9. The highest BCUT2D eigenvalue weighted by molar-refractivity contribution is 8.78. The summed E-state index contributed by atoms with van der Waals surface area (Å²) in [6, 6.07) is 10.7. The van der Waals surface area contributed by atoms with Crippen LogP contribution in [0.1, 0.15) is 49.8 Å². The number of nitrogens with one attached hydrogen (secondary N) is 1. The van der Waals surface area contributed by atoms with E-state index in [1.807, 2.05) is 31.2 Å². The Morgan fingerprint density at radius 1 is 0.906 bits per heavy atom. The molecule has 9 heterocycles. The van der Waals surface area contributed by atoms with Crippen LogP contribution in [0.4, 0.5) is 10.1 Å². The number of likely N-dealkylation sites (N-methyl/N-ethyl adjacent to an activating group) is 2. The van der Waals surface area contributed by atoms with E-state index in [0.29, 0.717) is 36.1 Å². The van der Waals surface area contributed by atoms with Gasteiger partial charge < -0.3 is 29.9 Å². The molecule has 11 aliphatic rings. The van der Waals surface area contributed by atoms with Gasteiger partial charge in [-0.2, -0.15) is 0 Å². The number of carbonyl (C=O) groups excluding carboxylic acids is 5. The number of anilines is 1. The minimum atomic E-state index is -1.85. The first-order chi connectivity index (χ1) is 25.3. The monoisotopic (exact) mass is 795 g/mol. The minimum absolute atomic E-state index is 0.222. The van der Waals surface area contributed by atoms with Crippen LogP contribution in [0, 0.1) is 11.7 Å². The van der Waals surface area contributed by atoms with Gasteiger partial charge in [0.15, 0.2) is 15.8 Å². The van der Waals surface area contributed by atoms with Gasteiger partial charge in [-0.1, -0.05) is 52.8 Å². The Balaban J connectivity index is 1.30. The Morgan fingerprint density at radius 2 is 1.62 bits per heavy atom. The maximum absolute atomic E-state index is 16.0. The molecule has 8 saturated heterocycles. The predicted molar refractivity (Wildman–Crippen MR) is 196 cm³/mol. The van der Waals surface area contributed by atoms with E-state index in [9.17, 15) is 14.7 Å². The van der Waals surface area contributed by atoms with Gasteiger partial charge in [0, 0.05) is 19.8 Å². The molecule has 17 heteroatoms. The number of aliphatic hydroxyl groups excluding tert-OH is 1. The van der Waals surface area contributed by atoms with Crippen molar-refractivity contribution in [1.29, 1.82) is 0 Å². The van der Waals surface area contributed by atoms with Gasteiger partial charge in [-0.25, -0.2) is 4.39 Å². The van der Waals surface area contributed by atoms with Gasteiger partial charge in [0.1, 0.15) is 18.1 Å². The number of piperazine rings is 2. The minimum Gasteiger partial charge on any atom is -0.457 e. The quantitative estimate of drug-likeness (QED) is 0.348. The van der Waals surface area contributed by atoms with E-state index < -0.39 is 90.2 Å². The fourth-order valence-corrected chi connectivity index (χ4v) is 18.8. The lowest BCUT2D eigenvalue weighted by molar-refractivity contribution is -0.173. The summed E-state index contributed by atoms with van der Waals surface area (Å²) >= 11 is 0. The molecule has 10 atom stereocenters. The molecule has 1 saturated carbocycles. The SMILES string of the molecule is CC[C@@]12SS[C@]3(C(=O)N1C)[C@@H](O)[C@]1([C@@]45c6cc(F)ccc6N[C@@H]4N4C(=O)[C@]6(C)SS[C@]4(C(=O)N6C)[C@H]5OC(=O)C4CC4)c4ccccc4C[C@@H]1N3C2=O. The molecule has 276 valence electrons. The van der Waals surface area contributed by atoms with Gasteiger partial charge in [0.25, 0.3) is 23.6 Å². The number of halogens is 1. The molecule has 2 spiro atoms. The summed E-state index contributed by atoms with van der Waals surface area (Å²) in [5.41, 5.74) is -1.39. The Bertz CT molecular complexity index is 2180. The number of aliphatic hydroxyl groups is 1. The van der Waals surface area contributed by atoms with Crippen LogP contribution < -0.4 is 5.32 Å². The van der Waals surface area contributed by atoms with Crippen molar-refractivity contribution >= 4 is 78.5 Å². The van der Waals surface area contributed by atoms with Gasteiger partial charge in [0.05, 0.1) is 22.8 Å². The second kappa shape index (κ2) is 9.81. The molecule has 4 bridgehead atoms. The molecule has 0 aromatic heterocycles. The third-order valence-corrected chi connectivity index (χ3v) is 21.4. The Kier molecular flexibility index (Phi) is 6.15. The van der Waals surface area contributed by atoms with E-state index in [-0.39, 0.29) is 12.3 Å². The van der Waals surface area contributed by atoms with Crippen LogP contribution >= 0.6 is 43.2 Å². The number of nitrogens with zero attached hydrogens (tertiary/aromatic N) is 4. The molecule has 4 amide bonds. The number of hydrogen-bond acceptors (Lipinski definition) is 12. The molecule has 9 aliphatic heterocycles. The zero-order valence-electron chi connectivity index (χ0n) is 29.0. The van der Waals surface area contributed by atoms with Gasteiger partial charge in [-0.15, -0.1) is 0 Å². The highest BCUT2D eigenvalue weighted by Crippen LogP contribution is 2.79. The van der Waals surface area contributed by atoms with E-state index in [0.717, 1.165) is 27.2 Å². The number of amides is 4. The second-order valence-electron chi connectivity index (χ2n) is 15.8. The van der Waals surface area contributed by atoms with Crippen LogP contribution in [-0.2, 0) is 46.0 Å². The highest BCUT2D eigenvalue weighted by atomic mass is 33.1. The average Bonchev–Trinajstić information content (AvgIpc) is 3.76. The summed E-state index contributed by atoms with van der Waals surface area (Å²) in [6.07, 6.45) is -2.63. The van der Waals surface area contributed by atoms with Crippen LogP contribution in [0.2, 0.25) is 0 Å². The summed E-state index contributed by atoms with van der Waals surface area (Å²) < 4.78 is 22.8. The van der Waals surface area contributed by atoms with E-state index in [2.05, 4.69) is 5.32 Å². The van der Waals surface area contributed by atoms with Crippen LogP contribution in [0.15, 0.2) is 42.5 Å². The standard InChI is InChI=1S/C36H34FN5O7S4/c1-5-32-28(46)41-22-14-17-8-6-7-9-19(17)33(22,24(44)35(41,52-51-32)29(47)40(32)4)34-20-15-18(37)12-13-21(20)38-26(34)42-27(45)31(2)39(3)30(48)36(42,53-50-31)25(34)49-23(43)16-10-11-16/h6-9,12-13,15-16,22,24-26,38,44H,5,10-11,14H2,1-4H3/t22-,24-,25-,26+,31-,32-,33-,34+,35-,36-/m0/s1. The number of rotatable bonds is 4. The lowest BCUT2D eigenvalue weighted by Gasteiger charge is -2.59. The molecule has 12 nitrogen and oxygen atoms in total. The van der Waals surface area contributed by atoms with Gasteiger partial charge in [-0.3, -0.25) is 28.9 Å². The first kappa shape index (κ1) is 33.2. The van der Waals surface area contributed by atoms with Crippen molar-refractivity contribution in [3.05, 3.63) is 65.0 Å². The number of fused-ring (bicyclic) bond motifs is 11. The van der Waals surface area contributed by atoms with Crippen molar-refractivity contribution in [1.82, 2.24) is 19.6 Å². The van der Waals surface area contributed by atoms with E-state index in [1.165, 1.54) is 48.4 Å². The zero-order valence-corrected chi connectivity index (χ0v) is 32.2. The Morgan fingerprint density at radius 3 is 2.36 bits per heavy atom. The molecular weight excluding hydrogens is 762 g/mol.